The molecule has 0 spiro atoms. The maximum absolute atomic E-state index is 13.3. The highest BCUT2D eigenvalue weighted by molar-refractivity contribution is 7.99. The molecule has 0 radical (unpaired) electrons. The molecule has 0 bridgehead atoms. The van der Waals surface area contributed by atoms with Crippen LogP contribution in [0.1, 0.15) is 18.5 Å². The topological polar surface area (TPSA) is 93.8 Å². The summed E-state index contributed by atoms with van der Waals surface area (Å²) in [6, 6.07) is 3.85. The fourth-order valence-corrected chi connectivity index (χ4v) is 2.62. The number of benzene rings is 1. The minimum Gasteiger partial charge on any atom is -0.324 e. The van der Waals surface area contributed by atoms with Crippen LogP contribution in [0.15, 0.2) is 37.8 Å². The van der Waals surface area contributed by atoms with Gasteiger partial charge in [-0.3, -0.25) is 19.4 Å². The van der Waals surface area contributed by atoms with Gasteiger partial charge in [0, 0.05) is 18.0 Å². The molecule has 0 aliphatic heterocycles. The number of nitrogens with zero attached hydrogens (tertiary/aromatic N) is 2. The van der Waals surface area contributed by atoms with Gasteiger partial charge in [-0.25, -0.2) is 4.39 Å². The molecule has 2 rings (SSSR count). The van der Waals surface area contributed by atoms with Crippen molar-refractivity contribution in [1.82, 2.24) is 14.8 Å². The van der Waals surface area contributed by atoms with Crippen molar-refractivity contribution < 1.29 is 4.39 Å². The number of nitrogens with two attached hydrogens (primary N) is 1. The van der Waals surface area contributed by atoms with Gasteiger partial charge in [-0.2, -0.15) is 4.98 Å². The van der Waals surface area contributed by atoms with Gasteiger partial charge in [0.1, 0.15) is 5.82 Å². The highest BCUT2D eigenvalue weighted by atomic mass is 32.2. The minimum absolute atomic E-state index is 0.295. The number of aromatic amines is 1. The van der Waals surface area contributed by atoms with Crippen LogP contribution in [0.3, 0.4) is 0 Å². The molecule has 20 heavy (non-hydrogen) atoms. The lowest BCUT2D eigenvalue weighted by atomic mass is 10.1. The molecule has 1 aromatic heterocycles. The Morgan fingerprint density at radius 2 is 2.15 bits per heavy atom. The first-order chi connectivity index (χ1) is 9.38. The Labute approximate surface area is 117 Å². The van der Waals surface area contributed by atoms with Gasteiger partial charge in [-0.05, 0) is 42.4 Å². The second-order valence-electron chi connectivity index (χ2n) is 4.27. The maximum Gasteiger partial charge on any atom is 0.339 e. The number of aryl methyl sites for hydroxylation is 1. The predicted octanol–water partition coefficient (Wildman–Crippen LogP) is 0.779. The molecule has 0 fully saturated rings. The van der Waals surface area contributed by atoms with E-state index in [4.69, 9.17) is 5.73 Å². The van der Waals surface area contributed by atoms with Gasteiger partial charge in [0.25, 0.3) is 0 Å². The van der Waals surface area contributed by atoms with Gasteiger partial charge in [0.2, 0.25) is 0 Å². The van der Waals surface area contributed by atoms with E-state index in [-0.39, 0.29) is 11.9 Å². The average molecular weight is 296 g/mol. The predicted molar refractivity (Wildman–Crippen MR) is 73.2 cm³/mol. The number of halogens is 1. The van der Waals surface area contributed by atoms with Crippen LogP contribution in [0, 0.1) is 5.82 Å². The van der Waals surface area contributed by atoms with Crippen molar-refractivity contribution >= 4 is 11.8 Å². The third-order valence-corrected chi connectivity index (χ3v) is 3.75. The first kappa shape index (κ1) is 14.5. The number of hydrogen-bond donors (Lipinski definition) is 2. The highest BCUT2D eigenvalue weighted by Crippen LogP contribution is 2.31. The molecule has 3 N–H and O–H groups in total. The monoisotopic (exact) mass is 296 g/mol. The third kappa shape index (κ3) is 2.97. The largest absolute Gasteiger partial charge is 0.339 e. The Hall–Kier alpha value is -1.93. The van der Waals surface area contributed by atoms with Gasteiger partial charge in [0.05, 0.1) is 0 Å². The van der Waals surface area contributed by atoms with Crippen LogP contribution in [-0.2, 0) is 7.05 Å². The zero-order chi connectivity index (χ0) is 14.9. The first-order valence-electron chi connectivity index (χ1n) is 5.78. The summed E-state index contributed by atoms with van der Waals surface area (Å²) in [6.07, 6.45) is 0. The molecule has 0 amide bonds. The summed E-state index contributed by atoms with van der Waals surface area (Å²) < 4.78 is 14.6. The Morgan fingerprint density at radius 1 is 1.45 bits per heavy atom. The summed E-state index contributed by atoms with van der Waals surface area (Å²) in [6.45, 7) is 1.73. The molecule has 106 valence electrons. The third-order valence-electron chi connectivity index (χ3n) is 2.61. The van der Waals surface area contributed by atoms with E-state index in [9.17, 15) is 14.0 Å². The van der Waals surface area contributed by atoms with Crippen LogP contribution >= 0.6 is 11.8 Å². The Morgan fingerprint density at radius 3 is 2.80 bits per heavy atom. The molecule has 6 nitrogen and oxygen atoms in total. The lowest BCUT2D eigenvalue weighted by Crippen LogP contribution is -2.33. The summed E-state index contributed by atoms with van der Waals surface area (Å²) >= 11 is 1.14. The van der Waals surface area contributed by atoms with Gasteiger partial charge in [-0.15, -0.1) is 0 Å². The summed E-state index contributed by atoms with van der Waals surface area (Å²) in [5.41, 5.74) is 4.76. The average Bonchev–Trinajstić information content (AvgIpc) is 2.37. The van der Waals surface area contributed by atoms with E-state index in [0.717, 1.165) is 11.8 Å². The SMILES string of the molecule is CC(N)c1cc(F)ccc1Sc1nc(=O)c(=O)[nH]n1C. The molecule has 1 aromatic carbocycles. The summed E-state index contributed by atoms with van der Waals surface area (Å²) in [4.78, 5) is 26.8. The van der Waals surface area contributed by atoms with Gasteiger partial charge in [-0.1, -0.05) is 0 Å². The number of hydrogen-bond acceptors (Lipinski definition) is 5. The molecule has 1 atom stereocenters. The number of rotatable bonds is 3. The normalized spacial score (nSPS) is 12.4. The van der Waals surface area contributed by atoms with Crippen LogP contribution in [0.4, 0.5) is 4.39 Å². The van der Waals surface area contributed by atoms with Crippen LogP contribution in [0.25, 0.3) is 0 Å². The van der Waals surface area contributed by atoms with E-state index in [1.54, 1.807) is 20.0 Å². The molecule has 2 aromatic rings. The molecular weight excluding hydrogens is 283 g/mol. The van der Waals surface area contributed by atoms with Gasteiger partial charge in [0.15, 0.2) is 5.16 Å². The van der Waals surface area contributed by atoms with E-state index in [1.165, 1.54) is 16.8 Å². The second-order valence-corrected chi connectivity index (χ2v) is 5.28. The fourth-order valence-electron chi connectivity index (χ4n) is 1.62. The molecule has 0 aliphatic rings. The number of aromatic nitrogens is 3. The highest BCUT2D eigenvalue weighted by Gasteiger charge is 2.13. The van der Waals surface area contributed by atoms with Crippen molar-refractivity contribution in [2.24, 2.45) is 12.8 Å². The van der Waals surface area contributed by atoms with Crippen LogP contribution in [-0.4, -0.2) is 14.8 Å². The number of H-pyrrole nitrogens is 1. The van der Waals surface area contributed by atoms with Crippen molar-refractivity contribution in [3.8, 4) is 0 Å². The first-order valence-corrected chi connectivity index (χ1v) is 6.60. The summed E-state index contributed by atoms with van der Waals surface area (Å²) in [7, 11) is 1.56. The quantitative estimate of drug-likeness (QED) is 0.816. The maximum atomic E-state index is 13.3. The second kappa shape index (κ2) is 5.59. The Kier molecular flexibility index (Phi) is 4.05. The van der Waals surface area contributed by atoms with E-state index in [1.807, 2.05) is 0 Å². The van der Waals surface area contributed by atoms with Gasteiger partial charge < -0.3 is 5.73 Å². The summed E-state index contributed by atoms with van der Waals surface area (Å²) in [5, 5.41) is 2.64. The fraction of sp³-hybridized carbons (Fsp3) is 0.250. The smallest absolute Gasteiger partial charge is 0.324 e. The van der Waals surface area contributed by atoms with Crippen molar-refractivity contribution in [2.45, 2.75) is 23.0 Å². The van der Waals surface area contributed by atoms with Crippen LogP contribution < -0.4 is 16.9 Å². The van der Waals surface area contributed by atoms with Crippen molar-refractivity contribution in [1.29, 1.82) is 0 Å². The standard InChI is InChI=1S/C12H13FN4O2S/c1-6(14)8-5-7(13)3-4-9(8)20-12-15-10(18)11(19)16-17(12)2/h3-6H,14H2,1-2H3,(H,16,19). The zero-order valence-electron chi connectivity index (χ0n) is 10.9. The van der Waals surface area contributed by atoms with E-state index < -0.39 is 11.1 Å². The van der Waals surface area contributed by atoms with Crippen molar-refractivity contribution in [3.05, 3.63) is 50.3 Å². The minimum atomic E-state index is -0.866. The van der Waals surface area contributed by atoms with E-state index in [2.05, 4.69) is 10.1 Å². The van der Waals surface area contributed by atoms with Crippen molar-refractivity contribution in [2.75, 3.05) is 0 Å². The Balaban J connectivity index is 2.47. The lowest BCUT2D eigenvalue weighted by molar-refractivity contribution is 0.595. The number of nitrogens with one attached hydrogen (secondary N) is 1. The summed E-state index contributed by atoms with van der Waals surface area (Å²) in [5.74, 6) is -0.384. The van der Waals surface area contributed by atoms with Crippen LogP contribution in [0.5, 0.6) is 0 Å². The molecular formula is C12H13FN4O2S. The molecule has 1 unspecified atom stereocenters. The van der Waals surface area contributed by atoms with E-state index in [0.29, 0.717) is 15.6 Å². The molecule has 0 saturated heterocycles. The van der Waals surface area contributed by atoms with Crippen molar-refractivity contribution in [3.63, 3.8) is 0 Å². The Bertz CT molecular complexity index is 754. The zero-order valence-corrected chi connectivity index (χ0v) is 11.7. The molecule has 1 heterocycles. The van der Waals surface area contributed by atoms with Crippen LogP contribution in [0.2, 0.25) is 0 Å². The molecule has 8 heteroatoms. The molecule has 0 saturated carbocycles. The van der Waals surface area contributed by atoms with E-state index >= 15 is 0 Å². The molecule has 0 aliphatic carbocycles. The lowest BCUT2D eigenvalue weighted by Gasteiger charge is -2.13. The van der Waals surface area contributed by atoms with Gasteiger partial charge >= 0.3 is 11.1 Å².